The number of benzene rings is 3. The van der Waals surface area contributed by atoms with E-state index < -0.39 is 8.07 Å². The minimum absolute atomic E-state index is 1.28. The zero-order chi connectivity index (χ0) is 16.4. The van der Waals surface area contributed by atoms with Gasteiger partial charge >= 0.3 is 0 Å². The first-order valence-electron chi connectivity index (χ1n) is 8.21. The van der Waals surface area contributed by atoms with Crippen LogP contribution in [0.1, 0.15) is 5.56 Å². The van der Waals surface area contributed by atoms with Crippen LogP contribution in [0, 0.1) is 6.92 Å². The zero-order valence-electron chi connectivity index (χ0n) is 14.4. The predicted molar refractivity (Wildman–Crippen MR) is 105 cm³/mol. The third-order valence-electron chi connectivity index (χ3n) is 4.28. The minimum Gasteiger partial charge on any atom is -0.0656 e. The molecule has 3 aromatic rings. The van der Waals surface area contributed by atoms with Gasteiger partial charge in [0, 0.05) is 0 Å². The van der Waals surface area contributed by atoms with Crippen molar-refractivity contribution in [3.05, 3.63) is 78.4 Å². The van der Waals surface area contributed by atoms with Crippen LogP contribution in [-0.2, 0) is 0 Å². The first-order valence-corrected chi connectivity index (χ1v) is 11.7. The number of rotatable bonds is 3. The van der Waals surface area contributed by atoms with Crippen LogP contribution < -0.4 is 5.19 Å². The van der Waals surface area contributed by atoms with Gasteiger partial charge < -0.3 is 0 Å². The lowest BCUT2D eigenvalue weighted by Crippen LogP contribution is -2.37. The predicted octanol–water partition coefficient (Wildman–Crippen LogP) is 5.87. The molecule has 0 amide bonds. The fraction of sp³-hybridized carbons (Fsp3) is 0.182. The summed E-state index contributed by atoms with van der Waals surface area (Å²) in [5, 5.41) is 1.51. The molecule has 0 bridgehead atoms. The van der Waals surface area contributed by atoms with Gasteiger partial charge in [0.05, 0.1) is 8.07 Å². The van der Waals surface area contributed by atoms with Gasteiger partial charge in [0.2, 0.25) is 0 Å². The minimum atomic E-state index is -1.28. The maximum atomic E-state index is 2.40. The molecule has 116 valence electrons. The van der Waals surface area contributed by atoms with E-state index in [1.807, 2.05) is 0 Å². The highest BCUT2D eigenvalue weighted by Crippen LogP contribution is 2.26. The van der Waals surface area contributed by atoms with E-state index in [1.54, 1.807) is 0 Å². The highest BCUT2D eigenvalue weighted by molar-refractivity contribution is 6.88. The van der Waals surface area contributed by atoms with Crippen LogP contribution in [-0.4, -0.2) is 8.07 Å². The van der Waals surface area contributed by atoms with E-state index >= 15 is 0 Å². The molecular weight excluding hydrogens is 292 g/mol. The smallest absolute Gasteiger partial charge is 0.0656 e. The van der Waals surface area contributed by atoms with Crippen molar-refractivity contribution in [2.45, 2.75) is 26.6 Å². The lowest BCUT2D eigenvalue weighted by Gasteiger charge is -2.17. The lowest BCUT2D eigenvalue weighted by molar-refractivity contribution is 1.47. The molecule has 0 nitrogen and oxygen atoms in total. The van der Waals surface area contributed by atoms with E-state index in [9.17, 15) is 0 Å². The molecule has 0 aliphatic heterocycles. The van der Waals surface area contributed by atoms with Crippen LogP contribution in [0.25, 0.3) is 22.3 Å². The summed E-state index contributed by atoms with van der Waals surface area (Å²) in [5.41, 5.74) is 6.48. The first kappa shape index (κ1) is 15.8. The summed E-state index contributed by atoms with van der Waals surface area (Å²) in [5.74, 6) is 0. The fourth-order valence-electron chi connectivity index (χ4n) is 2.87. The summed E-state index contributed by atoms with van der Waals surface area (Å²) in [6, 6.07) is 26.6. The van der Waals surface area contributed by atoms with Crippen molar-refractivity contribution in [2.24, 2.45) is 0 Å². The molecule has 0 fully saturated rings. The Kier molecular flexibility index (Phi) is 4.23. The molecule has 23 heavy (non-hydrogen) atoms. The number of hydrogen-bond acceptors (Lipinski definition) is 0. The molecule has 3 rings (SSSR count). The molecule has 3 aromatic carbocycles. The molecule has 0 atom stereocenters. The largest absolute Gasteiger partial charge is 0.0776 e. The Labute approximate surface area is 140 Å². The van der Waals surface area contributed by atoms with Crippen LogP contribution in [0.4, 0.5) is 0 Å². The number of aryl methyl sites for hydroxylation is 1. The molecule has 0 radical (unpaired) electrons. The molecule has 0 saturated carbocycles. The quantitative estimate of drug-likeness (QED) is 0.530. The summed E-state index contributed by atoms with van der Waals surface area (Å²) < 4.78 is 0. The van der Waals surface area contributed by atoms with Crippen molar-refractivity contribution < 1.29 is 0 Å². The van der Waals surface area contributed by atoms with Gasteiger partial charge in [-0.2, -0.15) is 0 Å². The van der Waals surface area contributed by atoms with Crippen molar-refractivity contribution in [3.8, 4) is 22.3 Å². The van der Waals surface area contributed by atoms with Crippen LogP contribution in [0.2, 0.25) is 19.6 Å². The monoisotopic (exact) mass is 316 g/mol. The van der Waals surface area contributed by atoms with Crippen LogP contribution in [0.3, 0.4) is 0 Å². The Bertz CT molecular complexity index is 825. The molecule has 0 spiro atoms. The maximum Gasteiger partial charge on any atom is 0.0776 e. The second-order valence-corrected chi connectivity index (χ2v) is 12.4. The van der Waals surface area contributed by atoms with Crippen LogP contribution in [0.15, 0.2) is 72.8 Å². The topological polar surface area (TPSA) is 0 Å². The Hall–Kier alpha value is -2.12. The summed E-state index contributed by atoms with van der Waals surface area (Å²) in [4.78, 5) is 0. The fourth-order valence-corrected chi connectivity index (χ4v) is 4.05. The zero-order valence-corrected chi connectivity index (χ0v) is 15.4. The molecule has 0 aliphatic rings. The third kappa shape index (κ3) is 3.62. The SMILES string of the molecule is Cc1cccc(-c2cccc(-c3cccc([Si](C)(C)C)c3)c2)c1. The molecule has 1 heteroatoms. The van der Waals surface area contributed by atoms with E-state index in [2.05, 4.69) is 99.4 Å². The molecular formula is C22H24Si. The van der Waals surface area contributed by atoms with E-state index in [-0.39, 0.29) is 0 Å². The second-order valence-electron chi connectivity index (χ2n) is 7.28. The van der Waals surface area contributed by atoms with E-state index in [0.29, 0.717) is 0 Å². The first-order chi connectivity index (χ1) is 10.9. The van der Waals surface area contributed by atoms with Crippen molar-refractivity contribution in [2.75, 3.05) is 0 Å². The summed E-state index contributed by atoms with van der Waals surface area (Å²) in [7, 11) is -1.28. The maximum absolute atomic E-state index is 2.40. The Balaban J connectivity index is 2.04. The highest BCUT2D eigenvalue weighted by atomic mass is 28.3. The van der Waals surface area contributed by atoms with Crippen molar-refractivity contribution >= 4 is 13.3 Å². The molecule has 0 saturated heterocycles. The van der Waals surface area contributed by atoms with Gasteiger partial charge in [-0.25, -0.2) is 0 Å². The molecule has 0 unspecified atom stereocenters. The molecule has 0 aromatic heterocycles. The summed E-state index contributed by atoms with van der Waals surface area (Å²) in [6.07, 6.45) is 0. The summed E-state index contributed by atoms with van der Waals surface area (Å²) >= 11 is 0. The second kappa shape index (κ2) is 6.17. The Morgan fingerprint density at radius 3 is 1.61 bits per heavy atom. The molecule has 0 N–H and O–H groups in total. The van der Waals surface area contributed by atoms with Crippen LogP contribution >= 0.6 is 0 Å². The van der Waals surface area contributed by atoms with Gasteiger partial charge in [-0.3, -0.25) is 0 Å². The van der Waals surface area contributed by atoms with Crippen molar-refractivity contribution in [3.63, 3.8) is 0 Å². The van der Waals surface area contributed by atoms with E-state index in [0.717, 1.165) is 0 Å². The number of hydrogen-bond donors (Lipinski definition) is 0. The lowest BCUT2D eigenvalue weighted by atomic mass is 9.98. The van der Waals surface area contributed by atoms with Gasteiger partial charge in [-0.1, -0.05) is 97.1 Å². The molecule has 0 aliphatic carbocycles. The van der Waals surface area contributed by atoms with E-state index in [4.69, 9.17) is 0 Å². The van der Waals surface area contributed by atoms with Crippen molar-refractivity contribution in [1.82, 2.24) is 0 Å². The molecule has 0 heterocycles. The normalized spacial score (nSPS) is 11.5. The van der Waals surface area contributed by atoms with Gasteiger partial charge in [0.25, 0.3) is 0 Å². The summed E-state index contributed by atoms with van der Waals surface area (Å²) in [6.45, 7) is 9.34. The standard InChI is InChI=1S/C22H24Si/c1-17-8-5-9-18(14-17)19-10-6-11-20(15-19)21-12-7-13-22(16-21)23(2,3)4/h5-16H,1-4H3. The van der Waals surface area contributed by atoms with Gasteiger partial charge in [0.15, 0.2) is 0 Å². The average molecular weight is 317 g/mol. The third-order valence-corrected chi connectivity index (χ3v) is 6.32. The van der Waals surface area contributed by atoms with Gasteiger partial charge in [-0.15, -0.1) is 0 Å². The van der Waals surface area contributed by atoms with E-state index in [1.165, 1.54) is 33.0 Å². The average Bonchev–Trinajstić information content (AvgIpc) is 2.54. The van der Waals surface area contributed by atoms with Crippen molar-refractivity contribution in [1.29, 1.82) is 0 Å². The van der Waals surface area contributed by atoms with Crippen LogP contribution in [0.5, 0.6) is 0 Å². The van der Waals surface area contributed by atoms with Gasteiger partial charge in [-0.05, 0) is 35.2 Å². The highest BCUT2D eigenvalue weighted by Gasteiger charge is 2.16. The van der Waals surface area contributed by atoms with Gasteiger partial charge in [0.1, 0.15) is 0 Å². The Morgan fingerprint density at radius 1 is 0.565 bits per heavy atom. The Morgan fingerprint density at radius 2 is 1.04 bits per heavy atom.